The van der Waals surface area contributed by atoms with Gasteiger partial charge in [0.25, 0.3) is 0 Å². The minimum atomic E-state index is -0.870. The largest absolute Gasteiger partial charge is 0.478 e. The summed E-state index contributed by atoms with van der Waals surface area (Å²) in [6, 6.07) is 7.73. The molecule has 116 valence electrons. The molecule has 4 nitrogen and oxygen atoms in total. The minimum absolute atomic E-state index is 0.345. The van der Waals surface area contributed by atoms with E-state index in [1.54, 1.807) is 12.1 Å². The molecule has 0 aromatic heterocycles. The summed E-state index contributed by atoms with van der Waals surface area (Å²) >= 11 is 0. The Morgan fingerprint density at radius 1 is 1.24 bits per heavy atom. The monoisotopic (exact) mass is 290 g/mol. The fourth-order valence-corrected chi connectivity index (χ4v) is 2.85. The zero-order chi connectivity index (χ0) is 15.1. The molecular formula is C17H26N2O2. The number of hydrogen-bond donors (Lipinski definition) is 2. The van der Waals surface area contributed by atoms with Crippen LogP contribution in [0.4, 0.5) is 0 Å². The molecule has 1 aliphatic heterocycles. The lowest BCUT2D eigenvalue weighted by Crippen LogP contribution is -2.38. The second kappa shape index (κ2) is 8.15. The first-order valence-corrected chi connectivity index (χ1v) is 7.94. The molecule has 1 saturated heterocycles. The lowest BCUT2D eigenvalue weighted by molar-refractivity contribution is 0.0697. The van der Waals surface area contributed by atoms with E-state index >= 15 is 0 Å². The molecule has 1 aliphatic rings. The van der Waals surface area contributed by atoms with Crippen LogP contribution in [0.1, 0.15) is 48.5 Å². The topological polar surface area (TPSA) is 52.6 Å². The molecule has 0 bridgehead atoms. The number of rotatable bonds is 7. The number of likely N-dealkylation sites (tertiary alicyclic amines) is 1. The summed E-state index contributed by atoms with van der Waals surface area (Å²) in [5.74, 6) is -0.870. The van der Waals surface area contributed by atoms with Gasteiger partial charge in [0.1, 0.15) is 0 Å². The first-order chi connectivity index (χ1) is 10.2. The number of piperidine rings is 1. The summed E-state index contributed by atoms with van der Waals surface area (Å²) in [6.45, 7) is 6.61. The van der Waals surface area contributed by atoms with Gasteiger partial charge in [-0.3, -0.25) is 0 Å². The van der Waals surface area contributed by atoms with E-state index in [0.29, 0.717) is 11.6 Å². The number of nitrogens with one attached hydrogen (secondary N) is 1. The quantitative estimate of drug-likeness (QED) is 0.758. The van der Waals surface area contributed by atoms with Gasteiger partial charge < -0.3 is 15.3 Å². The van der Waals surface area contributed by atoms with Crippen molar-refractivity contribution in [3.8, 4) is 0 Å². The maximum atomic E-state index is 10.8. The SMILES string of the molecule is CC(CCNCc1ccc(C(=O)O)cc1)N1CCCCC1. The fraction of sp³-hybridized carbons (Fsp3) is 0.588. The Kier molecular flexibility index (Phi) is 6.21. The number of carboxylic acid groups (broad SMARTS) is 1. The van der Waals surface area contributed by atoms with Gasteiger partial charge in [0.05, 0.1) is 5.56 Å². The maximum Gasteiger partial charge on any atom is 0.335 e. The molecule has 1 aromatic rings. The van der Waals surface area contributed by atoms with Gasteiger partial charge in [-0.2, -0.15) is 0 Å². The van der Waals surface area contributed by atoms with E-state index in [4.69, 9.17) is 5.11 Å². The zero-order valence-corrected chi connectivity index (χ0v) is 12.8. The summed E-state index contributed by atoms with van der Waals surface area (Å²) in [5.41, 5.74) is 1.48. The van der Waals surface area contributed by atoms with Crippen molar-refractivity contribution >= 4 is 5.97 Å². The highest BCUT2D eigenvalue weighted by Crippen LogP contribution is 2.13. The molecule has 1 atom stereocenters. The molecule has 0 saturated carbocycles. The molecule has 2 rings (SSSR count). The van der Waals surface area contributed by atoms with Gasteiger partial charge in [0.15, 0.2) is 0 Å². The molecule has 0 radical (unpaired) electrons. The molecule has 1 unspecified atom stereocenters. The lowest BCUT2D eigenvalue weighted by Gasteiger charge is -2.32. The van der Waals surface area contributed by atoms with Crippen LogP contribution in [0.15, 0.2) is 24.3 Å². The minimum Gasteiger partial charge on any atom is -0.478 e. The van der Waals surface area contributed by atoms with E-state index in [2.05, 4.69) is 17.1 Å². The number of benzene rings is 1. The van der Waals surface area contributed by atoms with Crippen LogP contribution in [0, 0.1) is 0 Å². The lowest BCUT2D eigenvalue weighted by atomic mass is 10.1. The van der Waals surface area contributed by atoms with Crippen molar-refractivity contribution in [1.82, 2.24) is 10.2 Å². The van der Waals surface area contributed by atoms with Gasteiger partial charge in [0, 0.05) is 12.6 Å². The Labute approximate surface area is 127 Å². The van der Waals surface area contributed by atoms with Crippen LogP contribution in [0.3, 0.4) is 0 Å². The standard InChI is InChI=1S/C17H26N2O2/c1-14(19-11-3-2-4-12-19)9-10-18-13-15-5-7-16(8-6-15)17(20)21/h5-8,14,18H,2-4,9-13H2,1H3,(H,20,21). The number of aromatic carboxylic acids is 1. The van der Waals surface area contributed by atoms with Crippen molar-refractivity contribution in [2.45, 2.75) is 45.2 Å². The van der Waals surface area contributed by atoms with Crippen LogP contribution in [0.2, 0.25) is 0 Å². The second-order valence-corrected chi connectivity index (χ2v) is 5.91. The van der Waals surface area contributed by atoms with Crippen LogP contribution < -0.4 is 5.32 Å². The second-order valence-electron chi connectivity index (χ2n) is 5.91. The van der Waals surface area contributed by atoms with Crippen molar-refractivity contribution in [2.75, 3.05) is 19.6 Å². The van der Waals surface area contributed by atoms with Crippen LogP contribution in [0.5, 0.6) is 0 Å². The van der Waals surface area contributed by atoms with Gasteiger partial charge in [-0.05, 0) is 63.5 Å². The molecule has 1 aromatic carbocycles. The molecule has 0 spiro atoms. The third-order valence-corrected chi connectivity index (χ3v) is 4.28. The Hall–Kier alpha value is -1.39. The summed E-state index contributed by atoms with van der Waals surface area (Å²) in [4.78, 5) is 13.4. The van der Waals surface area contributed by atoms with Crippen LogP contribution >= 0.6 is 0 Å². The van der Waals surface area contributed by atoms with Gasteiger partial charge in [0.2, 0.25) is 0 Å². The molecular weight excluding hydrogens is 264 g/mol. The van der Waals surface area contributed by atoms with Crippen molar-refractivity contribution < 1.29 is 9.90 Å². The molecule has 21 heavy (non-hydrogen) atoms. The predicted octanol–water partition coefficient (Wildman–Crippen LogP) is 2.74. The van der Waals surface area contributed by atoms with E-state index in [-0.39, 0.29) is 0 Å². The normalized spacial score (nSPS) is 17.6. The molecule has 0 amide bonds. The zero-order valence-electron chi connectivity index (χ0n) is 12.8. The highest BCUT2D eigenvalue weighted by molar-refractivity contribution is 5.87. The molecule has 1 fully saturated rings. The van der Waals surface area contributed by atoms with Crippen molar-refractivity contribution in [2.24, 2.45) is 0 Å². The first kappa shape index (κ1) is 16.0. The van der Waals surface area contributed by atoms with Gasteiger partial charge >= 0.3 is 5.97 Å². The highest BCUT2D eigenvalue weighted by Gasteiger charge is 2.15. The Balaban J connectivity index is 1.65. The maximum absolute atomic E-state index is 10.8. The van der Waals surface area contributed by atoms with Crippen LogP contribution in [-0.4, -0.2) is 41.7 Å². The van der Waals surface area contributed by atoms with Gasteiger partial charge in [-0.1, -0.05) is 18.6 Å². The predicted molar refractivity (Wildman–Crippen MR) is 84.6 cm³/mol. The summed E-state index contributed by atoms with van der Waals surface area (Å²) in [6.07, 6.45) is 5.22. The Morgan fingerprint density at radius 2 is 1.90 bits per heavy atom. The average molecular weight is 290 g/mol. The van der Waals surface area contributed by atoms with Crippen molar-refractivity contribution in [1.29, 1.82) is 0 Å². The number of carbonyl (C=O) groups is 1. The first-order valence-electron chi connectivity index (χ1n) is 7.94. The highest BCUT2D eigenvalue weighted by atomic mass is 16.4. The van der Waals surface area contributed by atoms with Gasteiger partial charge in [-0.25, -0.2) is 4.79 Å². The Bertz CT molecular complexity index is 439. The van der Waals surface area contributed by atoms with Crippen molar-refractivity contribution in [3.63, 3.8) is 0 Å². The van der Waals surface area contributed by atoms with Gasteiger partial charge in [-0.15, -0.1) is 0 Å². The van der Waals surface area contributed by atoms with Crippen LogP contribution in [0.25, 0.3) is 0 Å². The van der Waals surface area contributed by atoms with E-state index in [1.807, 2.05) is 12.1 Å². The Morgan fingerprint density at radius 3 is 2.52 bits per heavy atom. The van der Waals surface area contributed by atoms with E-state index < -0.39 is 5.97 Å². The molecule has 1 heterocycles. The fourth-order valence-electron chi connectivity index (χ4n) is 2.85. The third kappa shape index (κ3) is 5.14. The smallest absolute Gasteiger partial charge is 0.335 e. The summed E-state index contributed by atoms with van der Waals surface area (Å²) < 4.78 is 0. The van der Waals surface area contributed by atoms with E-state index in [0.717, 1.165) is 25.1 Å². The third-order valence-electron chi connectivity index (χ3n) is 4.28. The molecule has 0 aliphatic carbocycles. The van der Waals surface area contributed by atoms with Crippen molar-refractivity contribution in [3.05, 3.63) is 35.4 Å². The number of nitrogens with zero attached hydrogens (tertiary/aromatic N) is 1. The average Bonchev–Trinajstić information content (AvgIpc) is 2.52. The van der Waals surface area contributed by atoms with E-state index in [1.165, 1.54) is 32.4 Å². The van der Waals surface area contributed by atoms with E-state index in [9.17, 15) is 4.79 Å². The van der Waals surface area contributed by atoms with Crippen LogP contribution in [-0.2, 0) is 6.54 Å². The number of hydrogen-bond acceptors (Lipinski definition) is 3. The summed E-state index contributed by atoms with van der Waals surface area (Å²) in [5, 5.41) is 12.3. The summed E-state index contributed by atoms with van der Waals surface area (Å²) in [7, 11) is 0. The molecule has 2 N–H and O–H groups in total. The molecule has 4 heteroatoms. The number of carboxylic acids is 1.